The van der Waals surface area contributed by atoms with Gasteiger partial charge in [0.05, 0.1) is 52.2 Å². The van der Waals surface area contributed by atoms with Gasteiger partial charge in [-0.1, -0.05) is 31.5 Å². The summed E-state index contributed by atoms with van der Waals surface area (Å²) in [6, 6.07) is 8.83. The molecule has 0 spiro atoms. The molecule has 1 aliphatic heterocycles. The van der Waals surface area contributed by atoms with Crippen molar-refractivity contribution in [2.75, 3.05) is 13.2 Å². The Bertz CT molecular complexity index is 1380. The third-order valence-electron chi connectivity index (χ3n) is 6.10. The zero-order valence-electron chi connectivity index (χ0n) is 18.9. The summed E-state index contributed by atoms with van der Waals surface area (Å²) in [6.07, 6.45) is 3.16. The van der Waals surface area contributed by atoms with Crippen LogP contribution >= 0.6 is 11.3 Å². The summed E-state index contributed by atoms with van der Waals surface area (Å²) in [5.41, 5.74) is 4.00. The second kappa shape index (κ2) is 8.79. The fraction of sp³-hybridized carbons (Fsp3) is 0.417. The maximum atomic E-state index is 12.5. The lowest BCUT2D eigenvalue weighted by Crippen LogP contribution is -2.32. The summed E-state index contributed by atoms with van der Waals surface area (Å²) in [5, 5.41) is 2.06. The van der Waals surface area contributed by atoms with Crippen LogP contribution in [0.25, 0.3) is 21.3 Å². The van der Waals surface area contributed by atoms with E-state index in [-0.39, 0.29) is 29.6 Å². The smallest absolute Gasteiger partial charge is 0.297 e. The van der Waals surface area contributed by atoms with Crippen molar-refractivity contribution in [2.24, 2.45) is 0 Å². The Morgan fingerprint density at radius 1 is 1.18 bits per heavy atom. The van der Waals surface area contributed by atoms with E-state index in [0.29, 0.717) is 13.0 Å². The highest BCUT2D eigenvalue weighted by molar-refractivity contribution is 7.86. The molecule has 0 amide bonds. The second-order valence-corrected chi connectivity index (χ2v) is 11.4. The first-order valence-electron chi connectivity index (χ1n) is 11.1. The molecule has 174 valence electrons. The number of ether oxygens (including phenoxy) is 1. The van der Waals surface area contributed by atoms with Gasteiger partial charge in [0.1, 0.15) is 11.3 Å². The third-order valence-corrected chi connectivity index (χ3v) is 8.30. The van der Waals surface area contributed by atoms with Crippen LogP contribution in [0.4, 0.5) is 0 Å². The highest BCUT2D eigenvalue weighted by Gasteiger charge is 2.29. The van der Waals surface area contributed by atoms with Crippen LogP contribution in [0.5, 0.6) is 0 Å². The van der Waals surface area contributed by atoms with E-state index in [4.69, 9.17) is 13.9 Å². The van der Waals surface area contributed by atoms with Gasteiger partial charge in [-0.15, -0.1) is 11.3 Å². The fourth-order valence-corrected chi connectivity index (χ4v) is 6.16. The van der Waals surface area contributed by atoms with Gasteiger partial charge in [0, 0.05) is 5.92 Å². The average molecular weight is 486 g/mol. The molecule has 7 nitrogen and oxygen atoms in total. The van der Waals surface area contributed by atoms with E-state index < -0.39 is 10.1 Å². The van der Waals surface area contributed by atoms with E-state index in [0.717, 1.165) is 39.1 Å². The summed E-state index contributed by atoms with van der Waals surface area (Å²) in [7, 11) is -3.80. The third kappa shape index (κ3) is 4.30. The minimum absolute atomic E-state index is 0.0176. The van der Waals surface area contributed by atoms with Crippen molar-refractivity contribution < 1.29 is 17.3 Å². The number of thiophene rings is 1. The van der Waals surface area contributed by atoms with E-state index in [1.807, 2.05) is 19.2 Å². The van der Waals surface area contributed by atoms with Crippen LogP contribution in [0, 0.1) is 6.92 Å². The van der Waals surface area contributed by atoms with Gasteiger partial charge in [-0.2, -0.15) is 8.42 Å². The monoisotopic (exact) mass is 485 g/mol. The van der Waals surface area contributed by atoms with E-state index >= 15 is 0 Å². The van der Waals surface area contributed by atoms with Crippen LogP contribution in [-0.4, -0.2) is 42.3 Å². The minimum atomic E-state index is -3.80. The molecule has 5 rings (SSSR count). The Morgan fingerprint density at radius 3 is 2.67 bits per heavy atom. The molecule has 0 bridgehead atoms. The molecule has 4 aromatic rings. The van der Waals surface area contributed by atoms with Crippen molar-refractivity contribution in [1.29, 1.82) is 0 Å². The molecule has 33 heavy (non-hydrogen) atoms. The average Bonchev–Trinajstić information content (AvgIpc) is 3.43. The van der Waals surface area contributed by atoms with Crippen molar-refractivity contribution in [1.82, 2.24) is 14.5 Å². The van der Waals surface area contributed by atoms with Crippen LogP contribution in [0.1, 0.15) is 50.0 Å². The normalized spacial score (nSPS) is 19.6. The molecule has 0 N–H and O–H groups in total. The van der Waals surface area contributed by atoms with Gasteiger partial charge in [0.2, 0.25) is 0 Å². The van der Waals surface area contributed by atoms with Gasteiger partial charge in [0.25, 0.3) is 10.1 Å². The Morgan fingerprint density at radius 2 is 1.97 bits per heavy atom. The Balaban J connectivity index is 1.33. The molecule has 9 heteroatoms. The predicted octanol–water partition coefficient (Wildman–Crippen LogP) is 5.20. The minimum Gasteiger partial charge on any atom is -0.374 e. The first-order chi connectivity index (χ1) is 15.8. The summed E-state index contributed by atoms with van der Waals surface area (Å²) in [6.45, 7) is 6.71. The zero-order valence-corrected chi connectivity index (χ0v) is 20.5. The maximum Gasteiger partial charge on any atom is 0.297 e. The molecule has 0 saturated carbocycles. The first kappa shape index (κ1) is 22.5. The van der Waals surface area contributed by atoms with Crippen molar-refractivity contribution in [3.8, 4) is 0 Å². The van der Waals surface area contributed by atoms with Gasteiger partial charge < -0.3 is 9.30 Å². The predicted molar refractivity (Wildman–Crippen MR) is 129 cm³/mol. The number of nitrogens with zero attached hydrogens (tertiary/aromatic N) is 3. The molecule has 1 fully saturated rings. The van der Waals surface area contributed by atoms with E-state index in [1.165, 1.54) is 0 Å². The number of imidazole rings is 1. The lowest BCUT2D eigenvalue weighted by Gasteiger charge is -2.31. The van der Waals surface area contributed by atoms with E-state index in [9.17, 15) is 8.42 Å². The lowest BCUT2D eigenvalue weighted by atomic mass is 10.0. The quantitative estimate of drug-likeness (QED) is 0.349. The summed E-state index contributed by atoms with van der Waals surface area (Å²) >= 11 is 1.68. The standard InChI is InChI=1S/C24H27N3O4S2/c1-15(2)24-26-21-12-25-20-10-11-32-23(20)22(21)27(24)17-6-7-18(30-13-17)14-31-33(28,29)19-8-4-16(3)5-9-19/h4-5,8-12,15,17-18H,6-7,13-14H2,1-3H3/t17-,18+/m0/s1. The van der Waals surface area contributed by atoms with Crippen molar-refractivity contribution in [3.05, 3.63) is 53.3 Å². The van der Waals surface area contributed by atoms with E-state index in [1.54, 1.807) is 35.6 Å². The highest BCUT2D eigenvalue weighted by Crippen LogP contribution is 2.36. The first-order valence-corrected chi connectivity index (χ1v) is 13.4. The molecule has 2 atom stereocenters. The highest BCUT2D eigenvalue weighted by atomic mass is 32.2. The van der Waals surface area contributed by atoms with Gasteiger partial charge in [-0.05, 0) is 43.3 Å². The maximum absolute atomic E-state index is 12.5. The number of benzene rings is 1. The molecule has 4 heterocycles. The van der Waals surface area contributed by atoms with Crippen LogP contribution in [-0.2, 0) is 19.0 Å². The van der Waals surface area contributed by atoms with Gasteiger partial charge in [0.15, 0.2) is 0 Å². The van der Waals surface area contributed by atoms with Crippen LogP contribution in [0.3, 0.4) is 0 Å². The fourth-order valence-electron chi connectivity index (χ4n) is 4.34. The van der Waals surface area contributed by atoms with Crippen LogP contribution in [0.2, 0.25) is 0 Å². The summed E-state index contributed by atoms with van der Waals surface area (Å²) < 4.78 is 39.9. The number of pyridine rings is 1. The SMILES string of the molecule is Cc1ccc(S(=O)(=O)OC[C@H]2CC[C@H](n3c(C(C)C)nc4cnc5ccsc5c43)CO2)cc1. The number of aromatic nitrogens is 3. The topological polar surface area (TPSA) is 83.3 Å². The van der Waals surface area contributed by atoms with Crippen molar-refractivity contribution in [2.45, 2.75) is 56.6 Å². The molecular formula is C24H27N3O4S2. The number of hydrogen-bond acceptors (Lipinski definition) is 7. The molecule has 1 aromatic carbocycles. The number of hydrogen-bond donors (Lipinski definition) is 0. The van der Waals surface area contributed by atoms with Gasteiger partial charge in [-0.25, -0.2) is 4.98 Å². The summed E-state index contributed by atoms with van der Waals surface area (Å²) in [5.74, 6) is 1.28. The molecule has 1 aliphatic rings. The number of rotatable bonds is 6. The largest absolute Gasteiger partial charge is 0.374 e. The van der Waals surface area contributed by atoms with Crippen LogP contribution in [0.15, 0.2) is 46.8 Å². The van der Waals surface area contributed by atoms with Gasteiger partial charge in [-0.3, -0.25) is 9.17 Å². The Labute approximate surface area is 197 Å². The molecular weight excluding hydrogens is 458 g/mol. The van der Waals surface area contributed by atoms with Crippen molar-refractivity contribution in [3.63, 3.8) is 0 Å². The molecule has 0 radical (unpaired) electrons. The molecule has 3 aromatic heterocycles. The number of fused-ring (bicyclic) bond motifs is 3. The van der Waals surface area contributed by atoms with Crippen LogP contribution < -0.4 is 0 Å². The second-order valence-electron chi connectivity index (χ2n) is 8.86. The Hall–Kier alpha value is -2.33. The van der Waals surface area contributed by atoms with E-state index in [2.05, 4.69) is 28.8 Å². The van der Waals surface area contributed by atoms with Gasteiger partial charge >= 0.3 is 0 Å². The molecule has 0 aliphatic carbocycles. The number of aryl methyl sites for hydroxylation is 1. The van der Waals surface area contributed by atoms with Crippen molar-refractivity contribution >= 4 is 42.7 Å². The summed E-state index contributed by atoms with van der Waals surface area (Å²) in [4.78, 5) is 9.61. The molecule has 1 saturated heterocycles. The zero-order chi connectivity index (χ0) is 23.2. The Kier molecular flexibility index (Phi) is 5.98. The lowest BCUT2D eigenvalue weighted by molar-refractivity contribution is -0.0324. The molecule has 0 unspecified atom stereocenters.